The first kappa shape index (κ1) is 21.6. The lowest BCUT2D eigenvalue weighted by Crippen LogP contribution is -2.37. The van der Waals surface area contributed by atoms with E-state index >= 15 is 0 Å². The van der Waals surface area contributed by atoms with Crippen LogP contribution in [-0.2, 0) is 23.9 Å². The predicted molar refractivity (Wildman–Crippen MR) is 87.7 cm³/mol. The highest BCUT2D eigenvalue weighted by Gasteiger charge is 2.41. The molecule has 0 aromatic heterocycles. The van der Waals surface area contributed by atoms with E-state index in [2.05, 4.69) is 21.7 Å². The minimum atomic E-state index is -1.40. The van der Waals surface area contributed by atoms with Crippen molar-refractivity contribution in [1.29, 1.82) is 0 Å². The van der Waals surface area contributed by atoms with E-state index in [0.29, 0.717) is 11.4 Å². The number of carboxylic acids is 1. The van der Waals surface area contributed by atoms with E-state index in [1.165, 1.54) is 12.8 Å². The summed E-state index contributed by atoms with van der Waals surface area (Å²) in [5.41, 5.74) is 5.59. The Labute approximate surface area is 141 Å². The molecule has 0 spiro atoms. The summed E-state index contributed by atoms with van der Waals surface area (Å²) < 4.78 is 9.13. The van der Waals surface area contributed by atoms with Crippen molar-refractivity contribution in [3.8, 4) is 0 Å². The summed E-state index contributed by atoms with van der Waals surface area (Å²) in [6.45, 7) is 6.06. The topological polar surface area (TPSA) is 128 Å². The van der Waals surface area contributed by atoms with Gasteiger partial charge < -0.3 is 25.6 Å². The maximum absolute atomic E-state index is 11.7. The monoisotopic (exact) mass is 342 g/mol. The van der Waals surface area contributed by atoms with E-state index in [4.69, 9.17) is 5.73 Å². The van der Waals surface area contributed by atoms with E-state index in [-0.39, 0.29) is 11.1 Å². The molecule has 8 nitrogen and oxygen atoms in total. The third-order valence-electron chi connectivity index (χ3n) is 3.38. The molecule has 0 atom stereocenters. The molecule has 0 aliphatic carbocycles. The molecule has 24 heavy (non-hydrogen) atoms. The van der Waals surface area contributed by atoms with Crippen molar-refractivity contribution in [1.82, 2.24) is 5.32 Å². The van der Waals surface area contributed by atoms with Gasteiger partial charge in [0, 0.05) is 11.4 Å². The van der Waals surface area contributed by atoms with Gasteiger partial charge in [-0.15, -0.1) is 0 Å². The van der Waals surface area contributed by atoms with Crippen LogP contribution in [0.2, 0.25) is 0 Å². The second kappa shape index (κ2) is 10.4. The summed E-state index contributed by atoms with van der Waals surface area (Å²) in [4.78, 5) is 34.8. The third kappa shape index (κ3) is 5.38. The Bertz CT molecular complexity index is 511. The van der Waals surface area contributed by atoms with E-state index in [0.717, 1.165) is 20.8 Å². The number of carbonyl (C=O) groups is 3. The van der Waals surface area contributed by atoms with Crippen molar-refractivity contribution in [2.75, 3.05) is 20.8 Å². The molecule has 1 aliphatic rings. The van der Waals surface area contributed by atoms with Crippen LogP contribution in [0.4, 0.5) is 0 Å². The minimum absolute atomic E-state index is 0.110. The average molecular weight is 342 g/mol. The molecule has 0 fully saturated rings. The molecule has 0 saturated heterocycles. The highest BCUT2D eigenvalue weighted by Crippen LogP contribution is 2.31. The fourth-order valence-electron chi connectivity index (χ4n) is 2.21. The molecular formula is C16H26N2O6. The Hall–Kier alpha value is -2.35. The molecule has 4 N–H and O–H groups in total. The highest BCUT2D eigenvalue weighted by atomic mass is 16.5. The number of rotatable bonds is 5. The Morgan fingerprint density at radius 1 is 1.08 bits per heavy atom. The van der Waals surface area contributed by atoms with E-state index in [9.17, 15) is 19.5 Å². The van der Waals surface area contributed by atoms with Crippen LogP contribution in [0.25, 0.3) is 0 Å². The zero-order valence-corrected chi connectivity index (χ0v) is 14.8. The standard InChI is InChI=1S/C12H15NO6.C4H11N/c1-5-7(11(16)18-3)9(10(14)15)8(6(2)13-5)12(17)19-4;1-2-3-4-5/h9,13H,1-4H3,(H,14,15);2-5H2,1H3. The fourth-order valence-corrected chi connectivity index (χ4v) is 2.21. The van der Waals surface area contributed by atoms with Gasteiger partial charge in [-0.2, -0.15) is 0 Å². The van der Waals surface area contributed by atoms with Crippen molar-refractivity contribution in [2.24, 2.45) is 11.7 Å². The van der Waals surface area contributed by atoms with Gasteiger partial charge in [0.2, 0.25) is 0 Å². The van der Waals surface area contributed by atoms with Crippen LogP contribution in [0, 0.1) is 5.92 Å². The van der Waals surface area contributed by atoms with Gasteiger partial charge >= 0.3 is 17.9 Å². The average Bonchev–Trinajstić information content (AvgIpc) is 2.54. The summed E-state index contributed by atoms with van der Waals surface area (Å²) in [6.07, 6.45) is 2.39. The number of esters is 2. The summed E-state index contributed by atoms with van der Waals surface area (Å²) in [6, 6.07) is 0. The largest absolute Gasteiger partial charge is 0.481 e. The Kier molecular flexibility index (Phi) is 9.41. The summed E-state index contributed by atoms with van der Waals surface area (Å²) in [5, 5.41) is 12.1. The van der Waals surface area contributed by atoms with E-state index < -0.39 is 23.8 Å². The van der Waals surface area contributed by atoms with Crippen molar-refractivity contribution >= 4 is 17.9 Å². The SMILES string of the molecule is CCCCN.COC(=O)C1=C(C)NC(C)=C(C(=O)OC)C1C(=O)O. The maximum Gasteiger partial charge on any atom is 0.336 e. The fraction of sp³-hybridized carbons (Fsp3) is 0.562. The van der Waals surface area contributed by atoms with Crippen LogP contribution >= 0.6 is 0 Å². The molecule has 0 amide bonds. The number of dihydropyridines is 1. The van der Waals surface area contributed by atoms with Gasteiger partial charge in [-0.05, 0) is 26.8 Å². The molecule has 0 saturated carbocycles. The third-order valence-corrected chi connectivity index (χ3v) is 3.38. The lowest BCUT2D eigenvalue weighted by atomic mass is 9.85. The van der Waals surface area contributed by atoms with Gasteiger partial charge in [0.1, 0.15) is 5.92 Å². The van der Waals surface area contributed by atoms with Crippen LogP contribution in [0.15, 0.2) is 22.5 Å². The number of aliphatic carboxylic acids is 1. The van der Waals surface area contributed by atoms with Gasteiger partial charge in [0.05, 0.1) is 25.4 Å². The number of allylic oxidation sites excluding steroid dienone is 2. The molecule has 0 bridgehead atoms. The van der Waals surface area contributed by atoms with Gasteiger partial charge in [0.25, 0.3) is 0 Å². The van der Waals surface area contributed by atoms with Crippen molar-refractivity contribution in [3.63, 3.8) is 0 Å². The van der Waals surface area contributed by atoms with Gasteiger partial charge in [-0.1, -0.05) is 13.3 Å². The number of hydrogen-bond acceptors (Lipinski definition) is 7. The molecule has 0 unspecified atom stereocenters. The van der Waals surface area contributed by atoms with Gasteiger partial charge in [0.15, 0.2) is 0 Å². The molecule has 1 rings (SSSR count). The Morgan fingerprint density at radius 2 is 1.50 bits per heavy atom. The zero-order chi connectivity index (χ0) is 18.9. The van der Waals surface area contributed by atoms with Crippen LogP contribution in [-0.4, -0.2) is 43.8 Å². The highest BCUT2D eigenvalue weighted by molar-refractivity contribution is 6.05. The quantitative estimate of drug-likeness (QED) is 0.630. The molecule has 136 valence electrons. The van der Waals surface area contributed by atoms with Gasteiger partial charge in [-0.3, -0.25) is 4.79 Å². The molecule has 0 radical (unpaired) electrons. The van der Waals surface area contributed by atoms with Crippen molar-refractivity contribution < 1.29 is 29.0 Å². The first-order chi connectivity index (χ1) is 11.3. The normalized spacial score (nSPS) is 14.4. The number of nitrogens with two attached hydrogens (primary N) is 1. The Morgan fingerprint density at radius 3 is 1.71 bits per heavy atom. The van der Waals surface area contributed by atoms with Crippen LogP contribution in [0.1, 0.15) is 33.6 Å². The van der Waals surface area contributed by atoms with Crippen LogP contribution in [0.3, 0.4) is 0 Å². The summed E-state index contributed by atoms with van der Waals surface area (Å²) >= 11 is 0. The van der Waals surface area contributed by atoms with Crippen LogP contribution in [0.5, 0.6) is 0 Å². The smallest absolute Gasteiger partial charge is 0.336 e. The molecule has 8 heteroatoms. The predicted octanol–water partition coefficient (Wildman–Crippen LogP) is 0.930. The number of ether oxygens (including phenoxy) is 2. The maximum atomic E-state index is 11.7. The number of unbranched alkanes of at least 4 members (excludes halogenated alkanes) is 1. The molecular weight excluding hydrogens is 316 g/mol. The number of hydrogen-bond donors (Lipinski definition) is 3. The number of carbonyl (C=O) groups excluding carboxylic acids is 2. The second-order valence-electron chi connectivity index (χ2n) is 5.10. The first-order valence-corrected chi connectivity index (χ1v) is 7.54. The number of carboxylic acid groups (broad SMARTS) is 1. The lowest BCUT2D eigenvalue weighted by Gasteiger charge is -2.26. The van der Waals surface area contributed by atoms with E-state index in [1.807, 2.05) is 0 Å². The number of nitrogens with one attached hydrogen (secondary N) is 1. The second-order valence-corrected chi connectivity index (χ2v) is 5.10. The zero-order valence-electron chi connectivity index (χ0n) is 14.8. The molecule has 1 heterocycles. The van der Waals surface area contributed by atoms with Crippen molar-refractivity contribution in [3.05, 3.63) is 22.5 Å². The van der Waals surface area contributed by atoms with Crippen molar-refractivity contribution in [2.45, 2.75) is 33.6 Å². The lowest BCUT2D eigenvalue weighted by molar-refractivity contribution is -0.146. The van der Waals surface area contributed by atoms with E-state index in [1.54, 1.807) is 13.8 Å². The van der Waals surface area contributed by atoms with Crippen LogP contribution < -0.4 is 11.1 Å². The molecule has 0 aromatic carbocycles. The minimum Gasteiger partial charge on any atom is -0.481 e. The number of methoxy groups -OCH3 is 2. The van der Waals surface area contributed by atoms with Gasteiger partial charge in [-0.25, -0.2) is 9.59 Å². The summed E-state index contributed by atoms with van der Waals surface area (Å²) in [7, 11) is 2.29. The molecule has 0 aromatic rings. The molecule has 1 aliphatic heterocycles. The Balaban J connectivity index is 0.000000922. The first-order valence-electron chi connectivity index (χ1n) is 7.54. The summed E-state index contributed by atoms with van der Waals surface area (Å²) in [5.74, 6) is -4.32.